The van der Waals surface area contributed by atoms with Crippen molar-refractivity contribution in [1.82, 2.24) is 0 Å². The van der Waals surface area contributed by atoms with E-state index in [4.69, 9.17) is 0 Å². The van der Waals surface area contributed by atoms with Crippen molar-refractivity contribution >= 4 is 60.8 Å². The highest BCUT2D eigenvalue weighted by Gasteiger charge is 2.47. The van der Waals surface area contributed by atoms with Crippen molar-refractivity contribution in [3.8, 4) is 0 Å². The van der Waals surface area contributed by atoms with Crippen LogP contribution in [0.3, 0.4) is 0 Å². The van der Waals surface area contributed by atoms with Gasteiger partial charge in [-0.25, -0.2) is 0 Å². The summed E-state index contributed by atoms with van der Waals surface area (Å²) in [6.45, 7) is 0. The van der Waals surface area contributed by atoms with Gasteiger partial charge in [-0.1, -0.05) is 18.2 Å². The highest BCUT2D eigenvalue weighted by molar-refractivity contribution is 6.32. The SMILES string of the molecule is O=[N+]([O-])c1c([N+](=O)[O-])c2ccc3cccc4c([N+](=O)[O-])c([N+](=O)[O-])c(c1[N+](=O)[O-])c2c34. The number of rotatable bonds is 5. The molecule has 0 bridgehead atoms. The lowest BCUT2D eigenvalue weighted by atomic mass is 9.89. The zero-order valence-corrected chi connectivity index (χ0v) is 14.7. The summed E-state index contributed by atoms with van der Waals surface area (Å²) >= 11 is 0. The van der Waals surface area contributed by atoms with Crippen molar-refractivity contribution in [1.29, 1.82) is 0 Å². The normalized spacial score (nSPS) is 11.2. The molecule has 31 heavy (non-hydrogen) atoms. The Labute approximate surface area is 167 Å². The van der Waals surface area contributed by atoms with E-state index < -0.39 is 69.2 Å². The van der Waals surface area contributed by atoms with Gasteiger partial charge < -0.3 is 0 Å². The van der Waals surface area contributed by atoms with Gasteiger partial charge in [-0.2, -0.15) is 0 Å². The Kier molecular flexibility index (Phi) is 3.85. The summed E-state index contributed by atoms with van der Waals surface area (Å²) in [6.07, 6.45) is 0. The molecule has 15 nitrogen and oxygen atoms in total. The summed E-state index contributed by atoms with van der Waals surface area (Å²) in [4.78, 5) is 52.3. The van der Waals surface area contributed by atoms with Crippen molar-refractivity contribution in [3.63, 3.8) is 0 Å². The van der Waals surface area contributed by atoms with Crippen LogP contribution < -0.4 is 0 Å². The van der Waals surface area contributed by atoms with Crippen molar-refractivity contribution in [2.45, 2.75) is 0 Å². The molecule has 0 aromatic heterocycles. The molecule has 0 heterocycles. The maximum absolute atomic E-state index is 11.8. The summed E-state index contributed by atoms with van der Waals surface area (Å²) in [6, 6.07) is 6.29. The van der Waals surface area contributed by atoms with Gasteiger partial charge >= 0.3 is 28.4 Å². The fraction of sp³-hybridized carbons (Fsp3) is 0. The van der Waals surface area contributed by atoms with Crippen molar-refractivity contribution in [3.05, 3.63) is 80.9 Å². The van der Waals surface area contributed by atoms with Gasteiger partial charge in [0.15, 0.2) is 5.39 Å². The van der Waals surface area contributed by atoms with E-state index in [1.807, 2.05) is 0 Å². The van der Waals surface area contributed by atoms with E-state index in [-0.39, 0.29) is 16.2 Å². The molecular formula is C16H5N5O10. The standard InChI is InChI=1S/C16H5N5O10/c22-17(23)12-7-3-1-2-6-4-5-8-10(9(6)7)11(14(12)19(26)27)15(20(28)29)16(21(30)31)13(8)18(24)25/h1-5H. The smallest absolute Gasteiger partial charge is 0.258 e. The van der Waals surface area contributed by atoms with E-state index in [1.54, 1.807) is 0 Å². The van der Waals surface area contributed by atoms with Crippen LogP contribution in [0.15, 0.2) is 30.3 Å². The molecule has 0 aliphatic rings. The highest BCUT2D eigenvalue weighted by atomic mass is 16.7. The molecular weight excluding hydrogens is 422 g/mol. The van der Waals surface area contributed by atoms with Gasteiger partial charge in [0.2, 0.25) is 0 Å². The molecule has 15 heteroatoms. The fourth-order valence-corrected chi connectivity index (χ4v) is 3.88. The predicted octanol–water partition coefficient (Wildman–Crippen LogP) is 4.13. The minimum atomic E-state index is -1.60. The highest BCUT2D eigenvalue weighted by Crippen LogP contribution is 2.55. The van der Waals surface area contributed by atoms with Crippen LogP contribution in [0.2, 0.25) is 0 Å². The van der Waals surface area contributed by atoms with Gasteiger partial charge in [0, 0.05) is 10.8 Å². The lowest BCUT2D eigenvalue weighted by molar-refractivity contribution is -0.440. The third-order valence-corrected chi connectivity index (χ3v) is 4.87. The van der Waals surface area contributed by atoms with Crippen molar-refractivity contribution in [2.24, 2.45) is 0 Å². The minimum Gasteiger partial charge on any atom is -0.258 e. The molecule has 0 aliphatic carbocycles. The molecule has 4 rings (SSSR count). The largest absolute Gasteiger partial charge is 0.423 e. The van der Waals surface area contributed by atoms with Crippen LogP contribution >= 0.6 is 0 Å². The number of nitrogens with zero attached hydrogens (tertiary/aromatic N) is 5. The number of hydrogen-bond acceptors (Lipinski definition) is 10. The van der Waals surface area contributed by atoms with Crippen LogP contribution in [0.4, 0.5) is 28.4 Å². The zero-order valence-electron chi connectivity index (χ0n) is 14.7. The maximum Gasteiger partial charge on any atom is 0.423 e. The van der Waals surface area contributed by atoms with Gasteiger partial charge in [0.25, 0.3) is 0 Å². The van der Waals surface area contributed by atoms with Crippen LogP contribution in [0, 0.1) is 50.6 Å². The van der Waals surface area contributed by atoms with E-state index in [9.17, 15) is 50.6 Å². The van der Waals surface area contributed by atoms with Gasteiger partial charge in [0.05, 0.1) is 35.4 Å². The van der Waals surface area contributed by atoms with E-state index in [2.05, 4.69) is 0 Å². The van der Waals surface area contributed by atoms with Crippen molar-refractivity contribution < 1.29 is 24.6 Å². The third-order valence-electron chi connectivity index (χ3n) is 4.87. The summed E-state index contributed by atoms with van der Waals surface area (Å²) in [5.41, 5.74) is -6.86. The van der Waals surface area contributed by atoms with Crippen LogP contribution in [0.5, 0.6) is 0 Å². The Bertz CT molecular complexity index is 1530. The van der Waals surface area contributed by atoms with Crippen LogP contribution in [-0.4, -0.2) is 24.6 Å². The van der Waals surface area contributed by atoms with Crippen LogP contribution in [0.25, 0.3) is 32.3 Å². The molecule has 0 saturated carbocycles. The van der Waals surface area contributed by atoms with Gasteiger partial charge in [-0.05, 0) is 17.5 Å². The Balaban J connectivity index is 2.59. The molecule has 0 saturated heterocycles. The average molecular weight is 427 g/mol. The summed E-state index contributed by atoms with van der Waals surface area (Å²) in [5, 5.41) is 56.6. The first-order valence-electron chi connectivity index (χ1n) is 8.10. The Morgan fingerprint density at radius 1 is 0.452 bits per heavy atom. The molecule has 4 aromatic carbocycles. The van der Waals surface area contributed by atoms with Crippen LogP contribution in [-0.2, 0) is 0 Å². The number of nitro benzene ring substituents is 5. The summed E-state index contributed by atoms with van der Waals surface area (Å²) < 4.78 is 0. The topological polar surface area (TPSA) is 216 Å². The first-order chi connectivity index (χ1) is 14.6. The minimum absolute atomic E-state index is 0.0894. The lowest BCUT2D eigenvalue weighted by Gasteiger charge is -2.12. The maximum atomic E-state index is 11.8. The quantitative estimate of drug-likeness (QED) is 0.252. The van der Waals surface area contributed by atoms with E-state index in [1.165, 1.54) is 18.2 Å². The molecule has 0 aliphatic heterocycles. The second-order valence-corrected chi connectivity index (χ2v) is 6.30. The van der Waals surface area contributed by atoms with Gasteiger partial charge in [-0.15, -0.1) is 0 Å². The van der Waals surface area contributed by atoms with E-state index in [0.717, 1.165) is 12.1 Å². The molecule has 0 fully saturated rings. The molecule has 0 spiro atoms. The van der Waals surface area contributed by atoms with E-state index >= 15 is 0 Å². The Morgan fingerprint density at radius 2 is 0.903 bits per heavy atom. The average Bonchev–Trinajstić information content (AvgIpc) is 2.69. The van der Waals surface area contributed by atoms with Gasteiger partial charge in [0.1, 0.15) is 0 Å². The van der Waals surface area contributed by atoms with Crippen LogP contribution in [0.1, 0.15) is 0 Å². The fourth-order valence-electron chi connectivity index (χ4n) is 3.88. The monoisotopic (exact) mass is 427 g/mol. The first kappa shape index (κ1) is 19.2. The first-order valence-corrected chi connectivity index (χ1v) is 8.10. The lowest BCUT2D eigenvalue weighted by Crippen LogP contribution is -2.07. The molecule has 0 amide bonds. The molecule has 4 aromatic rings. The predicted molar refractivity (Wildman–Crippen MR) is 103 cm³/mol. The molecule has 0 atom stereocenters. The summed E-state index contributed by atoms with van der Waals surface area (Å²) in [7, 11) is 0. The second-order valence-electron chi connectivity index (χ2n) is 6.30. The Morgan fingerprint density at radius 3 is 1.42 bits per heavy atom. The molecule has 0 N–H and O–H groups in total. The third kappa shape index (κ3) is 2.40. The molecule has 0 unspecified atom stereocenters. The summed E-state index contributed by atoms with van der Waals surface area (Å²) in [5.74, 6) is 0. The van der Waals surface area contributed by atoms with Crippen molar-refractivity contribution in [2.75, 3.05) is 0 Å². The zero-order chi connectivity index (χ0) is 22.8. The van der Waals surface area contributed by atoms with Gasteiger partial charge in [-0.3, -0.25) is 50.6 Å². The second kappa shape index (κ2) is 6.21. The number of nitro groups is 5. The van der Waals surface area contributed by atoms with E-state index in [0.29, 0.717) is 0 Å². The number of hydrogen-bond donors (Lipinski definition) is 0. The molecule has 154 valence electrons. The number of benzene rings is 4. The Hall–Kier alpha value is -5.08. The molecule has 0 radical (unpaired) electrons.